The largest absolute Gasteiger partial charge is 0.350 e. The molecule has 0 bridgehead atoms. The monoisotopic (exact) mass is 449 g/mol. The Morgan fingerprint density at radius 3 is 2.50 bits per heavy atom. The van der Waals surface area contributed by atoms with E-state index in [1.54, 1.807) is 29.1 Å². The number of para-hydroxylation sites is 1. The van der Waals surface area contributed by atoms with Crippen LogP contribution in [0.3, 0.4) is 0 Å². The molecule has 168 valence electrons. The van der Waals surface area contributed by atoms with Gasteiger partial charge in [-0.1, -0.05) is 60.7 Å². The normalized spacial score (nSPS) is 10.9. The first kappa shape index (κ1) is 21.3. The third kappa shape index (κ3) is 4.63. The van der Waals surface area contributed by atoms with Gasteiger partial charge in [0, 0.05) is 24.3 Å². The molecule has 7 heteroatoms. The number of fused-ring (bicyclic) bond motifs is 1. The van der Waals surface area contributed by atoms with Crippen molar-refractivity contribution < 1.29 is 4.79 Å². The molecule has 0 radical (unpaired) electrons. The van der Waals surface area contributed by atoms with Crippen molar-refractivity contribution in [3.05, 3.63) is 119 Å². The van der Waals surface area contributed by atoms with Crippen molar-refractivity contribution in [2.45, 2.75) is 19.6 Å². The Hall–Kier alpha value is -4.52. The molecule has 5 rings (SSSR count). The molecule has 34 heavy (non-hydrogen) atoms. The van der Waals surface area contributed by atoms with Crippen LogP contribution in [0.15, 0.2) is 102 Å². The second-order valence-corrected chi connectivity index (χ2v) is 8.02. The maximum atomic E-state index is 12.7. The van der Waals surface area contributed by atoms with Crippen molar-refractivity contribution in [3.63, 3.8) is 0 Å². The number of benzene rings is 3. The summed E-state index contributed by atoms with van der Waals surface area (Å²) in [6.07, 6.45) is 4.97. The number of amides is 1. The molecule has 0 saturated heterocycles. The molecular formula is C27H23N5O2. The molecule has 0 saturated carbocycles. The summed E-state index contributed by atoms with van der Waals surface area (Å²) in [4.78, 5) is 24.7. The molecule has 0 spiro atoms. The molecule has 2 heterocycles. The summed E-state index contributed by atoms with van der Waals surface area (Å²) in [7, 11) is 0. The molecule has 2 aromatic heterocycles. The predicted molar refractivity (Wildman–Crippen MR) is 131 cm³/mol. The second-order valence-electron chi connectivity index (χ2n) is 8.02. The van der Waals surface area contributed by atoms with Crippen molar-refractivity contribution in [2.24, 2.45) is 0 Å². The summed E-state index contributed by atoms with van der Waals surface area (Å²) in [5.41, 5.74) is 4.83. The highest BCUT2D eigenvalue weighted by molar-refractivity contribution is 5.81. The first-order chi connectivity index (χ1) is 16.7. The Balaban J connectivity index is 1.29. The number of rotatable bonds is 7. The standard InChI is InChI=1S/C27H23N5O2/c33-26-17-30-32(25-9-4-3-8-24(25)26)19-27(34)28-16-22-6-1-2-7-23(22)21-12-10-20(11-13-21)18-31-15-5-14-29-31/h1-15,17H,16,18-19H2,(H,28,34). The Bertz CT molecular complexity index is 1490. The van der Waals surface area contributed by atoms with Crippen molar-refractivity contribution in [3.8, 4) is 11.1 Å². The van der Waals surface area contributed by atoms with Crippen LogP contribution < -0.4 is 10.7 Å². The fourth-order valence-corrected chi connectivity index (χ4v) is 4.00. The van der Waals surface area contributed by atoms with Crippen LogP contribution in [-0.2, 0) is 24.4 Å². The van der Waals surface area contributed by atoms with E-state index in [1.165, 1.54) is 11.8 Å². The molecule has 0 fully saturated rings. The molecule has 0 aliphatic rings. The van der Waals surface area contributed by atoms with Gasteiger partial charge in [-0.25, -0.2) is 0 Å². The van der Waals surface area contributed by atoms with Crippen LogP contribution in [0.1, 0.15) is 11.1 Å². The number of nitrogens with zero attached hydrogens (tertiary/aromatic N) is 4. The van der Waals surface area contributed by atoms with E-state index in [2.05, 4.69) is 45.8 Å². The van der Waals surface area contributed by atoms with Gasteiger partial charge in [0.15, 0.2) is 0 Å². The van der Waals surface area contributed by atoms with Crippen molar-refractivity contribution in [2.75, 3.05) is 0 Å². The molecule has 1 amide bonds. The van der Waals surface area contributed by atoms with Gasteiger partial charge in [-0.05, 0) is 40.5 Å². The Morgan fingerprint density at radius 1 is 0.882 bits per heavy atom. The van der Waals surface area contributed by atoms with Crippen LogP contribution in [0.4, 0.5) is 0 Å². The molecule has 7 nitrogen and oxygen atoms in total. The second kappa shape index (κ2) is 9.54. The van der Waals surface area contributed by atoms with Gasteiger partial charge in [0.1, 0.15) is 6.54 Å². The average molecular weight is 450 g/mol. The first-order valence-corrected chi connectivity index (χ1v) is 11.0. The lowest BCUT2D eigenvalue weighted by molar-refractivity contribution is -0.121. The molecule has 0 aliphatic heterocycles. The minimum atomic E-state index is -0.175. The van der Waals surface area contributed by atoms with Gasteiger partial charge < -0.3 is 5.32 Å². The number of nitrogens with one attached hydrogen (secondary N) is 1. The molecule has 5 aromatic rings. The highest BCUT2D eigenvalue weighted by Crippen LogP contribution is 2.24. The molecule has 0 unspecified atom stereocenters. The van der Waals surface area contributed by atoms with Crippen LogP contribution in [0.25, 0.3) is 22.0 Å². The summed E-state index contributed by atoms with van der Waals surface area (Å²) in [6.45, 7) is 1.14. The summed E-state index contributed by atoms with van der Waals surface area (Å²) >= 11 is 0. The summed E-state index contributed by atoms with van der Waals surface area (Å²) in [6, 6.07) is 25.5. The number of hydrogen-bond acceptors (Lipinski definition) is 4. The minimum absolute atomic E-state index is 0.0328. The van der Waals surface area contributed by atoms with Crippen LogP contribution >= 0.6 is 0 Å². The lowest BCUT2D eigenvalue weighted by Gasteiger charge is -2.13. The number of aromatic nitrogens is 4. The van der Waals surface area contributed by atoms with E-state index in [4.69, 9.17) is 0 Å². The lowest BCUT2D eigenvalue weighted by Crippen LogP contribution is -2.29. The summed E-state index contributed by atoms with van der Waals surface area (Å²) in [5, 5.41) is 11.9. The highest BCUT2D eigenvalue weighted by atomic mass is 16.2. The van der Waals surface area contributed by atoms with E-state index in [-0.39, 0.29) is 17.9 Å². The van der Waals surface area contributed by atoms with Gasteiger partial charge in [-0.3, -0.25) is 19.0 Å². The predicted octanol–water partition coefficient (Wildman–Crippen LogP) is 3.62. The zero-order chi connectivity index (χ0) is 23.3. The SMILES string of the molecule is O=C(Cn1ncc(=O)c2ccccc21)NCc1ccccc1-c1ccc(Cn2cccn2)cc1. The van der Waals surface area contributed by atoms with E-state index < -0.39 is 0 Å². The fourth-order valence-electron chi connectivity index (χ4n) is 4.00. The van der Waals surface area contributed by atoms with Gasteiger partial charge in [0.25, 0.3) is 0 Å². The van der Waals surface area contributed by atoms with Crippen molar-refractivity contribution in [1.29, 1.82) is 0 Å². The zero-order valence-corrected chi connectivity index (χ0v) is 18.5. The Morgan fingerprint density at radius 2 is 1.68 bits per heavy atom. The topological polar surface area (TPSA) is 81.8 Å². The third-order valence-corrected chi connectivity index (χ3v) is 5.72. The van der Waals surface area contributed by atoms with E-state index in [0.717, 1.165) is 23.2 Å². The quantitative estimate of drug-likeness (QED) is 0.411. The van der Waals surface area contributed by atoms with Gasteiger partial charge in [0.05, 0.1) is 18.3 Å². The molecule has 0 aliphatic carbocycles. The van der Waals surface area contributed by atoms with Crippen LogP contribution in [-0.4, -0.2) is 25.5 Å². The van der Waals surface area contributed by atoms with Crippen LogP contribution in [0, 0.1) is 0 Å². The number of hydrogen-bond donors (Lipinski definition) is 1. The Labute approximate surface area is 196 Å². The summed E-state index contributed by atoms with van der Waals surface area (Å²) < 4.78 is 3.44. The van der Waals surface area contributed by atoms with Crippen LogP contribution in [0.2, 0.25) is 0 Å². The number of carbonyl (C=O) groups excluding carboxylic acids is 1. The Kier molecular flexibility index (Phi) is 5.99. The van der Waals surface area contributed by atoms with Gasteiger partial charge in [0.2, 0.25) is 11.3 Å². The van der Waals surface area contributed by atoms with E-state index >= 15 is 0 Å². The number of carbonyl (C=O) groups is 1. The van der Waals surface area contributed by atoms with Crippen LogP contribution in [0.5, 0.6) is 0 Å². The average Bonchev–Trinajstić information content (AvgIpc) is 3.38. The third-order valence-electron chi connectivity index (χ3n) is 5.72. The van der Waals surface area contributed by atoms with E-state index in [9.17, 15) is 9.59 Å². The molecule has 0 atom stereocenters. The molecule has 1 N–H and O–H groups in total. The lowest BCUT2D eigenvalue weighted by atomic mass is 9.98. The first-order valence-electron chi connectivity index (χ1n) is 11.0. The smallest absolute Gasteiger partial charge is 0.242 e. The minimum Gasteiger partial charge on any atom is -0.350 e. The van der Waals surface area contributed by atoms with Gasteiger partial charge >= 0.3 is 0 Å². The zero-order valence-electron chi connectivity index (χ0n) is 18.5. The van der Waals surface area contributed by atoms with E-state index in [1.807, 2.05) is 41.2 Å². The van der Waals surface area contributed by atoms with Gasteiger partial charge in [-0.15, -0.1) is 0 Å². The van der Waals surface area contributed by atoms with Crippen molar-refractivity contribution >= 4 is 16.8 Å². The maximum absolute atomic E-state index is 12.7. The van der Waals surface area contributed by atoms with Gasteiger partial charge in [-0.2, -0.15) is 10.2 Å². The molecule has 3 aromatic carbocycles. The highest BCUT2D eigenvalue weighted by Gasteiger charge is 2.10. The fraction of sp³-hybridized carbons (Fsp3) is 0.111. The molecular weight excluding hydrogens is 426 g/mol. The van der Waals surface area contributed by atoms with E-state index in [0.29, 0.717) is 17.4 Å². The summed E-state index contributed by atoms with van der Waals surface area (Å²) in [5.74, 6) is -0.175. The van der Waals surface area contributed by atoms with Crippen molar-refractivity contribution in [1.82, 2.24) is 24.9 Å². The maximum Gasteiger partial charge on any atom is 0.242 e.